The summed E-state index contributed by atoms with van der Waals surface area (Å²) in [7, 11) is 0. The van der Waals surface area contributed by atoms with Crippen molar-refractivity contribution in [2.75, 3.05) is 0 Å². The zero-order valence-corrected chi connectivity index (χ0v) is 13.6. The summed E-state index contributed by atoms with van der Waals surface area (Å²) in [6.07, 6.45) is 1.78. The predicted molar refractivity (Wildman–Crippen MR) is 92.9 cm³/mol. The van der Waals surface area contributed by atoms with Crippen molar-refractivity contribution in [3.05, 3.63) is 69.6 Å². The van der Waals surface area contributed by atoms with Gasteiger partial charge in [-0.1, -0.05) is 29.8 Å². The van der Waals surface area contributed by atoms with Gasteiger partial charge in [0.1, 0.15) is 11.5 Å². The number of nitrogens with zero attached hydrogens (tertiary/aromatic N) is 1. The van der Waals surface area contributed by atoms with E-state index in [4.69, 9.17) is 16.0 Å². The molecule has 0 radical (unpaired) electrons. The smallest absolute Gasteiger partial charge is 0.245 e. The number of furan rings is 1. The van der Waals surface area contributed by atoms with Gasteiger partial charge in [-0.15, -0.1) is 11.3 Å². The molecular formula is C17H13ClN2O2S. The number of carbonyl (C=O) groups excluding carboxylic acids is 1. The molecule has 0 bridgehead atoms. The Morgan fingerprint density at radius 3 is 2.87 bits per heavy atom. The standard InChI is InChI=1S/C17H13ClN2O2S/c18-15-6-2-1-5-14(15)16-8-7-12(22-16)11-19-20-17(21)10-13-4-3-9-23-13/h1-9,11H,10H2,(H,20,21)/b19-11+. The molecule has 3 rings (SSSR count). The number of hydrogen-bond acceptors (Lipinski definition) is 4. The lowest BCUT2D eigenvalue weighted by Gasteiger charge is -1.99. The summed E-state index contributed by atoms with van der Waals surface area (Å²) in [5.41, 5.74) is 3.30. The third-order valence-electron chi connectivity index (χ3n) is 3.06. The Bertz CT molecular complexity index is 825. The number of hydrazone groups is 1. The first-order valence-corrected chi connectivity index (χ1v) is 8.17. The van der Waals surface area contributed by atoms with E-state index in [0.717, 1.165) is 10.4 Å². The van der Waals surface area contributed by atoms with Crippen molar-refractivity contribution in [1.82, 2.24) is 5.43 Å². The van der Waals surface area contributed by atoms with E-state index in [0.29, 0.717) is 23.0 Å². The lowest BCUT2D eigenvalue weighted by Crippen LogP contribution is -2.19. The largest absolute Gasteiger partial charge is 0.455 e. The molecule has 1 amide bonds. The molecule has 0 aliphatic heterocycles. The maximum atomic E-state index is 11.7. The van der Waals surface area contributed by atoms with Gasteiger partial charge in [-0.3, -0.25) is 4.79 Å². The lowest BCUT2D eigenvalue weighted by atomic mass is 10.2. The Hall–Kier alpha value is -2.37. The van der Waals surface area contributed by atoms with Crippen LogP contribution in [0, 0.1) is 0 Å². The minimum atomic E-state index is -0.165. The predicted octanol–water partition coefficient (Wildman–Crippen LogP) is 4.35. The molecule has 6 heteroatoms. The molecule has 1 N–H and O–H groups in total. The van der Waals surface area contributed by atoms with E-state index in [1.807, 2.05) is 41.8 Å². The van der Waals surface area contributed by atoms with Crippen LogP contribution in [0.15, 0.2) is 63.4 Å². The van der Waals surface area contributed by atoms with Crippen LogP contribution in [0.3, 0.4) is 0 Å². The van der Waals surface area contributed by atoms with Crippen LogP contribution >= 0.6 is 22.9 Å². The van der Waals surface area contributed by atoms with Gasteiger partial charge >= 0.3 is 0 Å². The van der Waals surface area contributed by atoms with Gasteiger partial charge < -0.3 is 4.42 Å². The molecule has 0 saturated heterocycles. The Labute approximate surface area is 142 Å². The summed E-state index contributed by atoms with van der Waals surface area (Å²) in [5, 5.41) is 6.46. The van der Waals surface area contributed by atoms with E-state index in [1.54, 1.807) is 12.1 Å². The number of thiophene rings is 1. The summed E-state index contributed by atoms with van der Waals surface area (Å²) >= 11 is 7.67. The van der Waals surface area contributed by atoms with Gasteiger partial charge in [0.25, 0.3) is 0 Å². The maximum Gasteiger partial charge on any atom is 0.245 e. The lowest BCUT2D eigenvalue weighted by molar-refractivity contribution is -0.120. The highest BCUT2D eigenvalue weighted by atomic mass is 35.5. The molecule has 0 saturated carbocycles. The summed E-state index contributed by atoms with van der Waals surface area (Å²) in [6.45, 7) is 0. The first kappa shape index (κ1) is 15.5. The van der Waals surface area contributed by atoms with Crippen molar-refractivity contribution >= 4 is 35.1 Å². The van der Waals surface area contributed by atoms with Crippen LogP contribution in [-0.2, 0) is 11.2 Å². The molecule has 0 aliphatic carbocycles. The fraction of sp³-hybridized carbons (Fsp3) is 0.0588. The van der Waals surface area contributed by atoms with E-state index < -0.39 is 0 Å². The first-order valence-electron chi connectivity index (χ1n) is 6.91. The van der Waals surface area contributed by atoms with E-state index in [9.17, 15) is 4.79 Å². The van der Waals surface area contributed by atoms with Crippen LogP contribution in [0.5, 0.6) is 0 Å². The molecule has 1 aromatic carbocycles. The van der Waals surface area contributed by atoms with Gasteiger partial charge in [0, 0.05) is 10.4 Å². The van der Waals surface area contributed by atoms with Crippen molar-refractivity contribution in [3.63, 3.8) is 0 Å². The van der Waals surface area contributed by atoms with E-state index in [-0.39, 0.29) is 5.91 Å². The molecule has 116 valence electrons. The molecule has 23 heavy (non-hydrogen) atoms. The number of halogens is 1. The zero-order chi connectivity index (χ0) is 16.1. The number of hydrogen-bond donors (Lipinski definition) is 1. The van der Waals surface area contributed by atoms with Crippen LogP contribution < -0.4 is 5.43 Å². The summed E-state index contributed by atoms with van der Waals surface area (Å²) in [5.74, 6) is 1.03. The van der Waals surface area contributed by atoms with Gasteiger partial charge in [-0.2, -0.15) is 5.10 Å². The number of carbonyl (C=O) groups is 1. The van der Waals surface area contributed by atoms with Crippen molar-refractivity contribution < 1.29 is 9.21 Å². The molecule has 2 aromatic heterocycles. The van der Waals surface area contributed by atoms with Gasteiger partial charge in [0.2, 0.25) is 5.91 Å². The third-order valence-corrected chi connectivity index (χ3v) is 4.27. The summed E-state index contributed by atoms with van der Waals surface area (Å²) in [4.78, 5) is 12.7. The number of nitrogens with one attached hydrogen (secondary N) is 1. The maximum absolute atomic E-state index is 11.7. The average Bonchev–Trinajstić information content (AvgIpc) is 3.20. The van der Waals surface area contributed by atoms with Gasteiger partial charge in [-0.05, 0) is 35.7 Å². The van der Waals surface area contributed by atoms with E-state index >= 15 is 0 Å². The Kier molecular flexibility index (Phi) is 4.90. The molecule has 4 nitrogen and oxygen atoms in total. The molecule has 0 aliphatic rings. The van der Waals surface area contributed by atoms with Gasteiger partial charge in [-0.25, -0.2) is 5.43 Å². The molecule has 2 heterocycles. The molecule has 0 atom stereocenters. The third kappa shape index (κ3) is 4.09. The first-order chi connectivity index (χ1) is 11.2. The summed E-state index contributed by atoms with van der Waals surface area (Å²) < 4.78 is 5.66. The highest BCUT2D eigenvalue weighted by molar-refractivity contribution is 7.10. The van der Waals surface area contributed by atoms with Gasteiger partial charge in [0.15, 0.2) is 0 Å². The topological polar surface area (TPSA) is 54.6 Å². The summed E-state index contributed by atoms with van der Waals surface area (Å²) in [6, 6.07) is 14.8. The molecule has 3 aromatic rings. The van der Waals surface area contributed by atoms with Crippen LogP contribution in [0.1, 0.15) is 10.6 Å². The van der Waals surface area contributed by atoms with Crippen LogP contribution in [0.25, 0.3) is 11.3 Å². The minimum absolute atomic E-state index is 0.165. The monoisotopic (exact) mass is 344 g/mol. The highest BCUT2D eigenvalue weighted by Crippen LogP contribution is 2.28. The second-order valence-electron chi connectivity index (χ2n) is 4.73. The fourth-order valence-electron chi connectivity index (χ4n) is 2.01. The van der Waals surface area contributed by atoms with Crippen LogP contribution in [-0.4, -0.2) is 12.1 Å². The van der Waals surface area contributed by atoms with E-state index in [1.165, 1.54) is 17.6 Å². The Morgan fingerprint density at radius 1 is 1.22 bits per heavy atom. The second-order valence-corrected chi connectivity index (χ2v) is 6.17. The van der Waals surface area contributed by atoms with Gasteiger partial charge in [0.05, 0.1) is 17.7 Å². The highest BCUT2D eigenvalue weighted by Gasteiger charge is 2.07. The van der Waals surface area contributed by atoms with Crippen molar-refractivity contribution in [3.8, 4) is 11.3 Å². The number of amides is 1. The van der Waals surface area contributed by atoms with E-state index in [2.05, 4.69) is 10.5 Å². The Morgan fingerprint density at radius 2 is 2.09 bits per heavy atom. The number of rotatable bonds is 5. The minimum Gasteiger partial charge on any atom is -0.455 e. The van der Waals surface area contributed by atoms with Crippen molar-refractivity contribution in [2.24, 2.45) is 5.10 Å². The molecule has 0 unspecified atom stereocenters. The average molecular weight is 345 g/mol. The second kappa shape index (κ2) is 7.26. The SMILES string of the molecule is O=C(Cc1cccs1)N/N=C/c1ccc(-c2ccccc2Cl)o1. The van der Waals surface area contributed by atoms with Crippen LogP contribution in [0.4, 0.5) is 0 Å². The Balaban J connectivity index is 1.60. The molecular weight excluding hydrogens is 332 g/mol. The van der Waals surface area contributed by atoms with Crippen molar-refractivity contribution in [1.29, 1.82) is 0 Å². The van der Waals surface area contributed by atoms with Crippen LogP contribution in [0.2, 0.25) is 5.02 Å². The quantitative estimate of drug-likeness (QED) is 0.552. The fourth-order valence-corrected chi connectivity index (χ4v) is 2.94. The normalized spacial score (nSPS) is 11.0. The molecule has 0 fully saturated rings. The molecule has 0 spiro atoms. The van der Waals surface area contributed by atoms with Crippen molar-refractivity contribution in [2.45, 2.75) is 6.42 Å². The number of benzene rings is 1. The zero-order valence-electron chi connectivity index (χ0n) is 12.0.